The van der Waals surface area contributed by atoms with Crippen molar-refractivity contribution in [3.8, 4) is 11.5 Å². The van der Waals surface area contributed by atoms with Gasteiger partial charge >= 0.3 is 5.97 Å². The molecule has 0 atom stereocenters. The molecular formula is C15H19NO5S. The number of hydrogen-bond donors (Lipinski definition) is 2. The van der Waals surface area contributed by atoms with Gasteiger partial charge in [0.05, 0.1) is 14.2 Å². The zero-order valence-corrected chi connectivity index (χ0v) is 13.4. The molecule has 1 fully saturated rings. The Morgan fingerprint density at radius 1 is 1.18 bits per heavy atom. The molecule has 2 N–H and O–H groups in total. The number of carbonyl (C=O) groups is 2. The molecule has 1 aliphatic rings. The molecule has 1 aromatic rings. The molecule has 1 heterocycles. The van der Waals surface area contributed by atoms with Crippen LogP contribution in [0.5, 0.6) is 11.5 Å². The van der Waals surface area contributed by atoms with Gasteiger partial charge in [0.2, 0.25) is 0 Å². The number of ether oxygens (including phenoxy) is 2. The van der Waals surface area contributed by atoms with Crippen molar-refractivity contribution in [2.24, 2.45) is 0 Å². The van der Waals surface area contributed by atoms with Gasteiger partial charge in [-0.05, 0) is 42.5 Å². The summed E-state index contributed by atoms with van der Waals surface area (Å²) in [6, 6.07) is 4.75. The Morgan fingerprint density at radius 3 is 2.36 bits per heavy atom. The maximum Gasteiger partial charge on any atom is 0.329 e. The largest absolute Gasteiger partial charge is 0.493 e. The Labute approximate surface area is 133 Å². The second-order valence-electron chi connectivity index (χ2n) is 5.02. The molecule has 0 saturated carbocycles. The number of aliphatic carboxylic acids is 1. The number of methoxy groups -OCH3 is 2. The fourth-order valence-corrected chi connectivity index (χ4v) is 3.57. The maximum atomic E-state index is 12.4. The highest BCUT2D eigenvalue weighted by Crippen LogP contribution is 2.30. The van der Waals surface area contributed by atoms with Gasteiger partial charge in [-0.15, -0.1) is 0 Å². The second-order valence-corrected chi connectivity index (χ2v) is 6.25. The summed E-state index contributed by atoms with van der Waals surface area (Å²) in [6.45, 7) is 0. The van der Waals surface area contributed by atoms with Gasteiger partial charge in [0.1, 0.15) is 5.54 Å². The molecule has 0 aromatic heterocycles. The Kier molecular flexibility index (Phi) is 5.18. The highest BCUT2D eigenvalue weighted by Gasteiger charge is 2.41. The third-order valence-corrected chi connectivity index (χ3v) is 4.74. The number of carboxylic acid groups (broad SMARTS) is 1. The number of carbonyl (C=O) groups excluding carboxylic acids is 1. The smallest absolute Gasteiger partial charge is 0.329 e. The van der Waals surface area contributed by atoms with Crippen LogP contribution < -0.4 is 14.8 Å². The van der Waals surface area contributed by atoms with E-state index < -0.39 is 17.4 Å². The lowest BCUT2D eigenvalue weighted by molar-refractivity contribution is -0.144. The fourth-order valence-electron chi connectivity index (χ4n) is 2.38. The molecule has 0 spiro atoms. The number of rotatable bonds is 5. The predicted octanol–water partition coefficient (Wildman–Crippen LogP) is 1.78. The van der Waals surface area contributed by atoms with Crippen LogP contribution in [0.1, 0.15) is 23.2 Å². The maximum absolute atomic E-state index is 12.4. The molecule has 0 bridgehead atoms. The molecule has 2 rings (SSSR count). The SMILES string of the molecule is COc1ccc(C(=O)NC2(C(=O)O)CCSCC2)cc1OC. The number of hydrogen-bond acceptors (Lipinski definition) is 5. The Bertz CT molecular complexity index is 569. The first kappa shape index (κ1) is 16.5. The van der Waals surface area contributed by atoms with Crippen LogP contribution >= 0.6 is 11.8 Å². The van der Waals surface area contributed by atoms with Crippen LogP contribution in [0.15, 0.2) is 18.2 Å². The van der Waals surface area contributed by atoms with Crippen molar-refractivity contribution < 1.29 is 24.2 Å². The van der Waals surface area contributed by atoms with Gasteiger partial charge in [-0.1, -0.05) is 0 Å². The molecule has 0 aliphatic carbocycles. The van der Waals surface area contributed by atoms with Gasteiger partial charge in [0.25, 0.3) is 5.91 Å². The number of amides is 1. The molecule has 120 valence electrons. The summed E-state index contributed by atoms with van der Waals surface area (Å²) in [5, 5.41) is 12.2. The highest BCUT2D eigenvalue weighted by atomic mass is 32.2. The third-order valence-electron chi connectivity index (χ3n) is 3.75. The van der Waals surface area contributed by atoms with Gasteiger partial charge in [0, 0.05) is 5.56 Å². The first-order chi connectivity index (χ1) is 10.5. The Morgan fingerprint density at radius 2 is 1.82 bits per heavy atom. The van der Waals surface area contributed by atoms with Crippen LogP contribution in [0.25, 0.3) is 0 Å². The predicted molar refractivity (Wildman–Crippen MR) is 83.9 cm³/mol. The first-order valence-corrected chi connectivity index (χ1v) is 8.03. The summed E-state index contributed by atoms with van der Waals surface area (Å²) in [7, 11) is 2.99. The van der Waals surface area contributed by atoms with Crippen molar-refractivity contribution in [3.05, 3.63) is 23.8 Å². The molecule has 22 heavy (non-hydrogen) atoms. The zero-order chi connectivity index (χ0) is 16.2. The van der Waals surface area contributed by atoms with Crippen LogP contribution in [0.2, 0.25) is 0 Å². The molecule has 0 unspecified atom stereocenters. The summed E-state index contributed by atoms with van der Waals surface area (Å²) >= 11 is 1.70. The van der Waals surface area contributed by atoms with Crippen molar-refractivity contribution in [2.75, 3.05) is 25.7 Å². The van der Waals surface area contributed by atoms with Crippen LogP contribution in [0, 0.1) is 0 Å². The van der Waals surface area contributed by atoms with Crippen molar-refractivity contribution >= 4 is 23.6 Å². The van der Waals surface area contributed by atoms with E-state index in [0.29, 0.717) is 29.9 Å². The number of nitrogens with one attached hydrogen (secondary N) is 1. The Hall–Kier alpha value is -1.89. The van der Waals surface area contributed by atoms with E-state index in [1.807, 2.05) is 0 Å². The van der Waals surface area contributed by atoms with E-state index in [2.05, 4.69) is 5.32 Å². The summed E-state index contributed by atoms with van der Waals surface area (Å²) in [5.74, 6) is 0.980. The molecule has 1 aliphatic heterocycles. The average molecular weight is 325 g/mol. The lowest BCUT2D eigenvalue weighted by atomic mass is 9.92. The molecule has 6 nitrogen and oxygen atoms in total. The number of benzene rings is 1. The topological polar surface area (TPSA) is 84.9 Å². The van der Waals surface area contributed by atoms with Crippen LogP contribution in [-0.4, -0.2) is 48.2 Å². The molecule has 1 saturated heterocycles. The molecule has 0 radical (unpaired) electrons. The highest BCUT2D eigenvalue weighted by molar-refractivity contribution is 7.99. The summed E-state index contributed by atoms with van der Waals surface area (Å²) in [4.78, 5) is 24.0. The average Bonchev–Trinajstić information content (AvgIpc) is 2.54. The van der Waals surface area contributed by atoms with Crippen molar-refractivity contribution in [2.45, 2.75) is 18.4 Å². The van der Waals surface area contributed by atoms with E-state index in [-0.39, 0.29) is 0 Å². The summed E-state index contributed by atoms with van der Waals surface area (Å²) in [6.07, 6.45) is 0.845. The standard InChI is InChI=1S/C15H19NO5S/c1-20-11-4-3-10(9-12(11)21-2)13(17)16-15(14(18)19)5-7-22-8-6-15/h3-4,9H,5-8H2,1-2H3,(H,16,17)(H,18,19). The van der Waals surface area contributed by atoms with Crippen molar-refractivity contribution in [1.29, 1.82) is 0 Å². The summed E-state index contributed by atoms with van der Waals surface area (Å²) < 4.78 is 10.3. The molecule has 1 aromatic carbocycles. The van der Waals surface area contributed by atoms with E-state index in [1.165, 1.54) is 14.2 Å². The van der Waals surface area contributed by atoms with Gasteiger partial charge in [-0.2, -0.15) is 11.8 Å². The van der Waals surface area contributed by atoms with E-state index in [0.717, 1.165) is 11.5 Å². The number of thioether (sulfide) groups is 1. The lowest BCUT2D eigenvalue weighted by Gasteiger charge is -2.33. The van der Waals surface area contributed by atoms with Crippen LogP contribution in [-0.2, 0) is 4.79 Å². The van der Waals surface area contributed by atoms with Gasteiger partial charge in [-0.3, -0.25) is 4.79 Å². The molecule has 1 amide bonds. The van der Waals surface area contributed by atoms with Crippen molar-refractivity contribution in [1.82, 2.24) is 5.32 Å². The number of carboxylic acids is 1. The van der Waals surface area contributed by atoms with E-state index in [9.17, 15) is 14.7 Å². The van der Waals surface area contributed by atoms with Gasteiger partial charge in [-0.25, -0.2) is 4.79 Å². The van der Waals surface area contributed by atoms with Crippen LogP contribution in [0.4, 0.5) is 0 Å². The minimum atomic E-state index is -1.19. The summed E-state index contributed by atoms with van der Waals surface area (Å²) in [5.41, 5.74) is -0.841. The second kappa shape index (κ2) is 6.91. The van der Waals surface area contributed by atoms with Crippen molar-refractivity contribution in [3.63, 3.8) is 0 Å². The first-order valence-electron chi connectivity index (χ1n) is 6.88. The van der Waals surface area contributed by atoms with E-state index >= 15 is 0 Å². The third kappa shape index (κ3) is 3.30. The quantitative estimate of drug-likeness (QED) is 0.858. The lowest BCUT2D eigenvalue weighted by Crippen LogP contribution is -2.56. The normalized spacial score (nSPS) is 16.6. The minimum Gasteiger partial charge on any atom is -0.493 e. The van der Waals surface area contributed by atoms with Gasteiger partial charge < -0.3 is 19.9 Å². The fraction of sp³-hybridized carbons (Fsp3) is 0.467. The minimum absolute atomic E-state index is 0.344. The zero-order valence-electron chi connectivity index (χ0n) is 12.5. The Balaban J connectivity index is 2.22. The van der Waals surface area contributed by atoms with E-state index in [4.69, 9.17) is 9.47 Å². The van der Waals surface area contributed by atoms with Crippen LogP contribution in [0.3, 0.4) is 0 Å². The monoisotopic (exact) mass is 325 g/mol. The molecular weight excluding hydrogens is 306 g/mol. The van der Waals surface area contributed by atoms with Gasteiger partial charge in [0.15, 0.2) is 11.5 Å². The molecule has 7 heteroatoms. The van der Waals surface area contributed by atoms with E-state index in [1.54, 1.807) is 30.0 Å².